The highest BCUT2D eigenvalue weighted by Crippen LogP contribution is 2.28. The number of carbonyl (C=O) groups is 1. The van der Waals surface area contributed by atoms with Crippen LogP contribution in [0.5, 0.6) is 0 Å². The van der Waals surface area contributed by atoms with Gasteiger partial charge in [0.1, 0.15) is 17.7 Å². The predicted octanol–water partition coefficient (Wildman–Crippen LogP) is 2.79. The SMILES string of the molecule is O=C(c1nnn2c1COC(c1ccc(F)cc1)C2)N1CCN(c2ccccc2F)CC1. The van der Waals surface area contributed by atoms with Crippen LogP contribution in [0.2, 0.25) is 0 Å². The minimum atomic E-state index is -0.302. The molecule has 3 aromatic rings. The Hall–Kier alpha value is -3.33. The Balaban J connectivity index is 1.26. The van der Waals surface area contributed by atoms with E-state index in [1.165, 1.54) is 18.2 Å². The third-order valence-electron chi connectivity index (χ3n) is 5.80. The van der Waals surface area contributed by atoms with Gasteiger partial charge in [-0.25, -0.2) is 13.5 Å². The molecule has 1 fully saturated rings. The van der Waals surface area contributed by atoms with Gasteiger partial charge in [0.15, 0.2) is 5.69 Å². The summed E-state index contributed by atoms with van der Waals surface area (Å²) >= 11 is 0. The summed E-state index contributed by atoms with van der Waals surface area (Å²) in [5.74, 6) is -0.759. The van der Waals surface area contributed by atoms with E-state index in [0.717, 1.165) is 5.56 Å². The lowest BCUT2D eigenvalue weighted by molar-refractivity contribution is -0.00199. The van der Waals surface area contributed by atoms with Gasteiger partial charge in [0, 0.05) is 26.2 Å². The lowest BCUT2D eigenvalue weighted by Crippen LogP contribution is -2.49. The van der Waals surface area contributed by atoms with Crippen molar-refractivity contribution < 1.29 is 18.3 Å². The number of amides is 1. The maximum atomic E-state index is 14.0. The number of ether oxygens (including phenoxy) is 1. The molecular formula is C22H21F2N5O2. The summed E-state index contributed by atoms with van der Waals surface area (Å²) < 4.78 is 34.8. The number of rotatable bonds is 3. The van der Waals surface area contributed by atoms with Gasteiger partial charge in [-0.3, -0.25) is 4.79 Å². The summed E-state index contributed by atoms with van der Waals surface area (Å²) in [6, 6.07) is 12.8. The van der Waals surface area contributed by atoms with Gasteiger partial charge in [0.25, 0.3) is 5.91 Å². The van der Waals surface area contributed by atoms with Crippen molar-refractivity contribution in [3.05, 3.63) is 77.1 Å². The van der Waals surface area contributed by atoms with Crippen molar-refractivity contribution in [3.8, 4) is 0 Å². The summed E-state index contributed by atoms with van der Waals surface area (Å²) in [6.07, 6.45) is -0.276. The van der Waals surface area contributed by atoms with Crippen molar-refractivity contribution in [3.63, 3.8) is 0 Å². The van der Waals surface area contributed by atoms with Crippen molar-refractivity contribution in [2.45, 2.75) is 19.3 Å². The summed E-state index contributed by atoms with van der Waals surface area (Å²) in [7, 11) is 0. The first kappa shape index (κ1) is 19.6. The van der Waals surface area contributed by atoms with Crippen molar-refractivity contribution >= 4 is 11.6 Å². The van der Waals surface area contributed by atoms with Gasteiger partial charge < -0.3 is 14.5 Å². The van der Waals surface area contributed by atoms with Gasteiger partial charge in [0.05, 0.1) is 24.5 Å². The van der Waals surface area contributed by atoms with Gasteiger partial charge >= 0.3 is 0 Å². The van der Waals surface area contributed by atoms with Crippen LogP contribution in [0.1, 0.15) is 27.8 Å². The van der Waals surface area contributed by atoms with Crippen molar-refractivity contribution in [1.82, 2.24) is 19.9 Å². The molecule has 2 aliphatic rings. The third kappa shape index (κ3) is 3.76. The van der Waals surface area contributed by atoms with Crippen LogP contribution in [0.4, 0.5) is 14.5 Å². The number of nitrogens with zero attached hydrogens (tertiary/aromatic N) is 5. The van der Waals surface area contributed by atoms with Crippen LogP contribution in [0.15, 0.2) is 48.5 Å². The van der Waals surface area contributed by atoms with E-state index in [1.54, 1.807) is 39.9 Å². The van der Waals surface area contributed by atoms with Crippen LogP contribution in [0.25, 0.3) is 0 Å². The first-order valence-corrected chi connectivity index (χ1v) is 10.2. The topological polar surface area (TPSA) is 63.5 Å². The number of fused-ring (bicyclic) bond motifs is 1. The smallest absolute Gasteiger partial charge is 0.276 e. The average Bonchev–Trinajstić information content (AvgIpc) is 3.23. The van der Waals surface area contributed by atoms with Crippen LogP contribution < -0.4 is 4.90 Å². The van der Waals surface area contributed by atoms with Crippen molar-refractivity contribution in [2.24, 2.45) is 0 Å². The fourth-order valence-corrected chi connectivity index (χ4v) is 4.07. The van der Waals surface area contributed by atoms with Crippen LogP contribution >= 0.6 is 0 Å². The van der Waals surface area contributed by atoms with Crippen LogP contribution in [0.3, 0.4) is 0 Å². The third-order valence-corrected chi connectivity index (χ3v) is 5.80. The van der Waals surface area contributed by atoms with E-state index < -0.39 is 0 Å². The molecule has 1 saturated heterocycles. The molecule has 2 aromatic carbocycles. The standard InChI is InChI=1S/C22H21F2N5O2/c23-16-7-5-15(6-8-16)20-13-29-19(14-31-20)21(25-26-29)22(30)28-11-9-27(10-12-28)18-4-2-1-3-17(18)24/h1-8,20H,9-14H2. The number of carbonyl (C=O) groups excluding carboxylic acids is 1. The monoisotopic (exact) mass is 425 g/mol. The number of piperazine rings is 1. The Kier molecular flexibility index (Phi) is 5.11. The van der Waals surface area contributed by atoms with Gasteiger partial charge in [-0.05, 0) is 29.8 Å². The van der Waals surface area contributed by atoms with Gasteiger partial charge in [0.2, 0.25) is 0 Å². The van der Waals surface area contributed by atoms with Crippen LogP contribution in [0, 0.1) is 11.6 Å². The first-order valence-electron chi connectivity index (χ1n) is 10.2. The zero-order valence-electron chi connectivity index (χ0n) is 16.7. The Bertz CT molecular complexity index is 1090. The molecule has 0 spiro atoms. The Morgan fingerprint density at radius 3 is 2.48 bits per heavy atom. The largest absolute Gasteiger partial charge is 0.366 e. The molecule has 2 aliphatic heterocycles. The quantitative estimate of drug-likeness (QED) is 0.646. The summed E-state index contributed by atoms with van der Waals surface area (Å²) in [4.78, 5) is 16.7. The molecule has 0 aliphatic carbocycles. The highest BCUT2D eigenvalue weighted by Gasteiger charge is 2.31. The van der Waals surface area contributed by atoms with Crippen molar-refractivity contribution in [1.29, 1.82) is 0 Å². The molecular weight excluding hydrogens is 404 g/mol. The maximum Gasteiger partial charge on any atom is 0.276 e. The number of halogens is 2. The Morgan fingerprint density at radius 2 is 1.74 bits per heavy atom. The summed E-state index contributed by atoms with van der Waals surface area (Å²) in [5, 5.41) is 8.26. The van der Waals surface area contributed by atoms with E-state index >= 15 is 0 Å². The molecule has 9 heteroatoms. The zero-order valence-corrected chi connectivity index (χ0v) is 16.7. The minimum Gasteiger partial charge on any atom is -0.366 e. The molecule has 0 bridgehead atoms. The molecule has 1 aromatic heterocycles. The second kappa shape index (κ2) is 8.07. The number of anilines is 1. The summed E-state index contributed by atoms with van der Waals surface area (Å²) in [6.45, 7) is 2.63. The number of para-hydroxylation sites is 1. The number of aromatic nitrogens is 3. The Labute approximate surface area is 177 Å². The zero-order chi connectivity index (χ0) is 21.4. The van der Waals surface area contributed by atoms with E-state index in [1.807, 2.05) is 4.90 Å². The molecule has 0 saturated carbocycles. The lowest BCUT2D eigenvalue weighted by Gasteiger charge is -2.36. The molecule has 1 amide bonds. The Morgan fingerprint density at radius 1 is 1.00 bits per heavy atom. The fourth-order valence-electron chi connectivity index (χ4n) is 4.07. The van der Waals surface area contributed by atoms with Crippen LogP contribution in [-0.4, -0.2) is 52.0 Å². The number of benzene rings is 2. The molecule has 0 radical (unpaired) electrons. The van der Waals surface area contributed by atoms with E-state index in [-0.39, 0.29) is 35.9 Å². The van der Waals surface area contributed by atoms with Gasteiger partial charge in [-0.15, -0.1) is 5.10 Å². The lowest BCUT2D eigenvalue weighted by atomic mass is 10.1. The normalized spacial score (nSPS) is 18.7. The number of hydrogen-bond donors (Lipinski definition) is 0. The predicted molar refractivity (Wildman–Crippen MR) is 108 cm³/mol. The van der Waals surface area contributed by atoms with E-state index in [9.17, 15) is 13.6 Å². The highest BCUT2D eigenvalue weighted by atomic mass is 19.1. The fraction of sp³-hybridized carbons (Fsp3) is 0.318. The molecule has 1 unspecified atom stereocenters. The number of hydrogen-bond acceptors (Lipinski definition) is 5. The minimum absolute atomic E-state index is 0.196. The second-order valence-electron chi connectivity index (χ2n) is 7.65. The molecule has 7 nitrogen and oxygen atoms in total. The van der Waals surface area contributed by atoms with Gasteiger partial charge in [-0.1, -0.05) is 29.5 Å². The molecule has 0 N–H and O–H groups in total. The maximum absolute atomic E-state index is 14.0. The molecule has 3 heterocycles. The molecule has 1 atom stereocenters. The second-order valence-corrected chi connectivity index (χ2v) is 7.65. The molecule has 160 valence electrons. The highest BCUT2D eigenvalue weighted by molar-refractivity contribution is 5.93. The van der Waals surface area contributed by atoms with Gasteiger partial charge in [-0.2, -0.15) is 0 Å². The first-order chi connectivity index (χ1) is 15.1. The summed E-state index contributed by atoms with van der Waals surface area (Å²) in [5.41, 5.74) is 2.33. The van der Waals surface area contributed by atoms with Crippen molar-refractivity contribution in [2.75, 3.05) is 31.1 Å². The van der Waals surface area contributed by atoms with E-state index in [0.29, 0.717) is 44.1 Å². The average molecular weight is 425 g/mol. The van der Waals surface area contributed by atoms with E-state index in [2.05, 4.69) is 10.3 Å². The molecule has 31 heavy (non-hydrogen) atoms. The van der Waals surface area contributed by atoms with E-state index in [4.69, 9.17) is 4.74 Å². The van der Waals surface area contributed by atoms with Crippen LogP contribution in [-0.2, 0) is 17.9 Å². The molecule has 5 rings (SSSR count).